The molecule has 1 amide bonds. The number of carbonyl (C=O) groups excluding carboxylic acids is 1. The van der Waals surface area contributed by atoms with E-state index in [1.807, 2.05) is 26.0 Å². The first-order chi connectivity index (χ1) is 9.15. The Labute approximate surface area is 113 Å². The van der Waals surface area contributed by atoms with E-state index in [0.29, 0.717) is 11.1 Å². The molecule has 2 aromatic rings. The monoisotopic (exact) mass is 257 g/mol. The molecule has 0 saturated carbocycles. The van der Waals surface area contributed by atoms with Crippen LogP contribution in [0.3, 0.4) is 0 Å². The average molecular weight is 257 g/mol. The van der Waals surface area contributed by atoms with Gasteiger partial charge in [-0.3, -0.25) is 4.79 Å². The van der Waals surface area contributed by atoms with Crippen LogP contribution in [0.2, 0.25) is 0 Å². The Morgan fingerprint density at radius 2 is 1.21 bits per heavy atom. The fourth-order valence-electron chi connectivity index (χ4n) is 1.81. The van der Waals surface area contributed by atoms with E-state index in [4.69, 9.17) is 5.73 Å². The summed E-state index contributed by atoms with van der Waals surface area (Å²) in [6.45, 7) is 4.00. The minimum absolute atomic E-state index is 0.471. The van der Waals surface area contributed by atoms with Crippen molar-refractivity contribution in [2.75, 3.05) is 0 Å². The van der Waals surface area contributed by atoms with E-state index in [1.54, 1.807) is 48.5 Å². The van der Waals surface area contributed by atoms with E-state index in [-0.39, 0.29) is 0 Å². The summed E-state index contributed by atoms with van der Waals surface area (Å²) in [7, 11) is 0. The molecular weight excluding hydrogens is 238 g/mol. The van der Waals surface area contributed by atoms with Gasteiger partial charge in [0, 0.05) is 0 Å². The second kappa shape index (κ2) is 6.71. The van der Waals surface area contributed by atoms with Crippen molar-refractivity contribution in [1.82, 2.24) is 0 Å². The van der Waals surface area contributed by atoms with Gasteiger partial charge in [0.2, 0.25) is 0 Å². The molecule has 2 rings (SSSR count). The van der Waals surface area contributed by atoms with E-state index < -0.39 is 11.5 Å². The van der Waals surface area contributed by atoms with Gasteiger partial charge >= 0.3 is 0 Å². The largest absolute Gasteiger partial charge is 0.372 e. The van der Waals surface area contributed by atoms with Crippen LogP contribution in [-0.4, -0.2) is 11.0 Å². The maximum atomic E-state index is 11.6. The van der Waals surface area contributed by atoms with E-state index in [0.717, 1.165) is 0 Å². The molecule has 19 heavy (non-hydrogen) atoms. The first-order valence-electron chi connectivity index (χ1n) is 6.29. The third-order valence-corrected chi connectivity index (χ3v) is 2.74. The molecule has 0 unspecified atom stereocenters. The van der Waals surface area contributed by atoms with Crippen LogP contribution in [-0.2, 0) is 10.4 Å². The van der Waals surface area contributed by atoms with Crippen LogP contribution < -0.4 is 5.73 Å². The molecule has 0 spiro atoms. The summed E-state index contributed by atoms with van der Waals surface area (Å²) in [5.41, 5.74) is 4.51. The van der Waals surface area contributed by atoms with Crippen LogP contribution in [0.4, 0.5) is 0 Å². The third-order valence-electron chi connectivity index (χ3n) is 2.74. The van der Waals surface area contributed by atoms with Gasteiger partial charge in [0.15, 0.2) is 5.60 Å². The van der Waals surface area contributed by atoms with Crippen LogP contribution in [0, 0.1) is 0 Å². The van der Waals surface area contributed by atoms with Crippen molar-refractivity contribution in [3.05, 3.63) is 71.8 Å². The Morgan fingerprint density at radius 1 is 0.895 bits per heavy atom. The number of primary amides is 1. The Hall–Kier alpha value is -2.13. The molecular formula is C16H19NO2. The van der Waals surface area contributed by atoms with Gasteiger partial charge in [0.25, 0.3) is 5.91 Å². The van der Waals surface area contributed by atoms with Crippen LogP contribution in [0.1, 0.15) is 25.0 Å². The fraction of sp³-hybridized carbons (Fsp3) is 0.188. The molecule has 3 heteroatoms. The predicted octanol–water partition coefficient (Wildman–Crippen LogP) is 2.43. The van der Waals surface area contributed by atoms with Gasteiger partial charge in [0.05, 0.1) is 0 Å². The lowest BCUT2D eigenvalue weighted by Gasteiger charge is -2.25. The summed E-state index contributed by atoms with van der Waals surface area (Å²) in [6.07, 6.45) is 0. The van der Waals surface area contributed by atoms with Crippen LogP contribution in [0.15, 0.2) is 60.7 Å². The van der Waals surface area contributed by atoms with Gasteiger partial charge in [-0.25, -0.2) is 0 Å². The van der Waals surface area contributed by atoms with Crippen molar-refractivity contribution in [1.29, 1.82) is 0 Å². The number of hydrogen-bond donors (Lipinski definition) is 2. The summed E-state index contributed by atoms with van der Waals surface area (Å²) in [5.74, 6) is -0.782. The Balaban J connectivity index is 0.000000861. The number of hydrogen-bond acceptors (Lipinski definition) is 2. The molecule has 3 N–H and O–H groups in total. The highest BCUT2D eigenvalue weighted by Crippen LogP contribution is 2.28. The van der Waals surface area contributed by atoms with Crippen molar-refractivity contribution < 1.29 is 9.90 Å². The summed E-state index contributed by atoms with van der Waals surface area (Å²) >= 11 is 0. The molecule has 2 aromatic carbocycles. The molecule has 100 valence electrons. The van der Waals surface area contributed by atoms with E-state index in [1.165, 1.54) is 0 Å². The lowest BCUT2D eigenvalue weighted by molar-refractivity contribution is -0.133. The van der Waals surface area contributed by atoms with Crippen molar-refractivity contribution in [2.24, 2.45) is 5.73 Å². The molecule has 0 fully saturated rings. The molecule has 0 atom stereocenters. The lowest BCUT2D eigenvalue weighted by atomic mass is 9.86. The highest BCUT2D eigenvalue weighted by molar-refractivity contribution is 5.88. The van der Waals surface area contributed by atoms with Gasteiger partial charge in [-0.05, 0) is 11.1 Å². The number of nitrogens with two attached hydrogens (primary N) is 1. The van der Waals surface area contributed by atoms with Crippen molar-refractivity contribution in [3.8, 4) is 0 Å². The highest BCUT2D eigenvalue weighted by Gasteiger charge is 2.37. The van der Waals surface area contributed by atoms with E-state index >= 15 is 0 Å². The van der Waals surface area contributed by atoms with Gasteiger partial charge < -0.3 is 10.8 Å². The minimum atomic E-state index is -1.78. The van der Waals surface area contributed by atoms with Crippen LogP contribution in [0.5, 0.6) is 0 Å². The first-order valence-corrected chi connectivity index (χ1v) is 6.29. The number of aliphatic hydroxyl groups is 1. The zero-order chi connectivity index (χ0) is 14.3. The molecule has 0 aliphatic rings. The van der Waals surface area contributed by atoms with Gasteiger partial charge in [-0.15, -0.1) is 0 Å². The van der Waals surface area contributed by atoms with Crippen molar-refractivity contribution in [2.45, 2.75) is 19.4 Å². The average Bonchev–Trinajstić information content (AvgIpc) is 2.50. The Bertz CT molecular complexity index is 469. The third kappa shape index (κ3) is 3.01. The predicted molar refractivity (Wildman–Crippen MR) is 76.4 cm³/mol. The Morgan fingerprint density at radius 3 is 1.47 bits per heavy atom. The van der Waals surface area contributed by atoms with Crippen LogP contribution in [0.25, 0.3) is 0 Å². The normalized spacial score (nSPS) is 10.3. The molecule has 0 heterocycles. The first kappa shape index (κ1) is 14.9. The molecule has 0 aliphatic heterocycles. The highest BCUT2D eigenvalue weighted by atomic mass is 16.3. The number of amides is 1. The number of benzene rings is 2. The summed E-state index contributed by atoms with van der Waals surface area (Å²) in [5, 5.41) is 10.6. The zero-order valence-electron chi connectivity index (χ0n) is 11.2. The second-order valence-electron chi connectivity index (χ2n) is 3.81. The summed E-state index contributed by atoms with van der Waals surface area (Å²) in [6, 6.07) is 17.4. The SMILES string of the molecule is CC.NC(=O)C(O)(c1ccccc1)c1ccccc1. The number of carbonyl (C=O) groups is 1. The van der Waals surface area contributed by atoms with Gasteiger partial charge in [0.1, 0.15) is 0 Å². The number of rotatable bonds is 3. The van der Waals surface area contributed by atoms with Gasteiger partial charge in [-0.1, -0.05) is 74.5 Å². The molecule has 0 aliphatic carbocycles. The Kier molecular flexibility index (Phi) is 5.27. The molecule has 0 bridgehead atoms. The minimum Gasteiger partial charge on any atom is -0.372 e. The van der Waals surface area contributed by atoms with Crippen molar-refractivity contribution in [3.63, 3.8) is 0 Å². The molecule has 0 radical (unpaired) electrons. The van der Waals surface area contributed by atoms with Crippen molar-refractivity contribution >= 4 is 5.91 Å². The van der Waals surface area contributed by atoms with Crippen LogP contribution >= 0.6 is 0 Å². The smallest absolute Gasteiger partial charge is 0.258 e. The summed E-state index contributed by atoms with van der Waals surface area (Å²) in [4.78, 5) is 11.6. The van der Waals surface area contributed by atoms with E-state index in [2.05, 4.69) is 0 Å². The molecule has 0 saturated heterocycles. The second-order valence-corrected chi connectivity index (χ2v) is 3.81. The van der Waals surface area contributed by atoms with E-state index in [9.17, 15) is 9.90 Å². The zero-order valence-corrected chi connectivity index (χ0v) is 11.2. The molecule has 3 nitrogen and oxygen atoms in total. The lowest BCUT2D eigenvalue weighted by Crippen LogP contribution is -2.42. The fourth-order valence-corrected chi connectivity index (χ4v) is 1.81. The quantitative estimate of drug-likeness (QED) is 0.887. The summed E-state index contributed by atoms with van der Waals surface area (Å²) < 4.78 is 0. The maximum Gasteiger partial charge on any atom is 0.258 e. The standard InChI is InChI=1S/C14H13NO2.C2H6/c15-13(16)14(17,11-7-3-1-4-8-11)12-9-5-2-6-10-12;1-2/h1-10,17H,(H2,15,16);1-2H3. The molecule has 0 aromatic heterocycles. The van der Waals surface area contributed by atoms with Gasteiger partial charge in [-0.2, -0.15) is 0 Å². The topological polar surface area (TPSA) is 63.3 Å². The maximum absolute atomic E-state index is 11.6.